The van der Waals surface area contributed by atoms with Crippen LogP contribution in [0.25, 0.3) is 11.6 Å². The molecule has 2 aliphatic rings. The van der Waals surface area contributed by atoms with Crippen molar-refractivity contribution in [3.05, 3.63) is 24.3 Å². The highest BCUT2D eigenvalue weighted by Crippen LogP contribution is 2.31. The molecule has 0 N–H and O–H groups in total. The molecule has 1 amide bonds. The minimum atomic E-state index is 0.183. The van der Waals surface area contributed by atoms with Gasteiger partial charge < -0.3 is 13.8 Å². The number of hydrogen-bond donors (Lipinski definition) is 0. The maximum atomic E-state index is 11.9. The van der Waals surface area contributed by atoms with Gasteiger partial charge in [0.25, 0.3) is 0 Å². The molecule has 0 radical (unpaired) electrons. The van der Waals surface area contributed by atoms with Gasteiger partial charge in [-0.3, -0.25) is 9.69 Å². The molecule has 7 nitrogen and oxygen atoms in total. The minimum absolute atomic E-state index is 0.183. The zero-order valence-electron chi connectivity index (χ0n) is 13.9. The van der Waals surface area contributed by atoms with Gasteiger partial charge in [-0.15, -0.1) is 0 Å². The van der Waals surface area contributed by atoms with Crippen molar-refractivity contribution >= 4 is 5.91 Å². The average Bonchev–Trinajstić information content (AvgIpc) is 3.35. The number of furan rings is 1. The molecule has 4 rings (SSSR count). The van der Waals surface area contributed by atoms with Crippen LogP contribution in [0, 0.1) is 0 Å². The number of aromatic nitrogens is 2. The second-order valence-electron chi connectivity index (χ2n) is 6.59. The first kappa shape index (κ1) is 15.4. The lowest BCUT2D eigenvalue weighted by molar-refractivity contribution is -0.130. The maximum absolute atomic E-state index is 11.9. The van der Waals surface area contributed by atoms with E-state index in [-0.39, 0.29) is 5.91 Å². The molecule has 4 heterocycles. The number of likely N-dealkylation sites (tertiary alicyclic amines) is 2. The van der Waals surface area contributed by atoms with Crippen LogP contribution in [0.1, 0.15) is 38.5 Å². The molecule has 2 atom stereocenters. The highest BCUT2D eigenvalue weighted by atomic mass is 16.5. The molecular formula is C17H22N4O3. The van der Waals surface area contributed by atoms with Crippen LogP contribution in [0.4, 0.5) is 0 Å². The summed E-state index contributed by atoms with van der Waals surface area (Å²) in [6.07, 6.45) is 6.04. The number of rotatable bonds is 4. The number of hydrogen-bond acceptors (Lipinski definition) is 6. The Balaban J connectivity index is 1.47. The first-order valence-corrected chi connectivity index (χ1v) is 8.60. The smallest absolute Gasteiger partial charge is 0.241 e. The van der Waals surface area contributed by atoms with Crippen LogP contribution in [0.2, 0.25) is 0 Å². The summed E-state index contributed by atoms with van der Waals surface area (Å²) in [6, 6.07) is 4.32. The molecule has 7 heteroatoms. The minimum Gasteiger partial charge on any atom is -0.461 e. The fraction of sp³-hybridized carbons (Fsp3) is 0.588. The van der Waals surface area contributed by atoms with Crippen molar-refractivity contribution in [2.24, 2.45) is 0 Å². The van der Waals surface area contributed by atoms with E-state index in [0.29, 0.717) is 36.1 Å². The normalized spacial score (nSPS) is 24.8. The van der Waals surface area contributed by atoms with E-state index in [2.05, 4.69) is 15.0 Å². The molecule has 2 aromatic heterocycles. The van der Waals surface area contributed by atoms with E-state index in [4.69, 9.17) is 8.94 Å². The Labute approximate surface area is 140 Å². The van der Waals surface area contributed by atoms with Gasteiger partial charge in [0, 0.05) is 25.6 Å². The van der Waals surface area contributed by atoms with Gasteiger partial charge >= 0.3 is 0 Å². The summed E-state index contributed by atoms with van der Waals surface area (Å²) in [4.78, 5) is 20.7. The Morgan fingerprint density at radius 2 is 2.12 bits per heavy atom. The molecule has 2 saturated heterocycles. The van der Waals surface area contributed by atoms with Crippen molar-refractivity contribution in [3.63, 3.8) is 0 Å². The Morgan fingerprint density at radius 3 is 2.92 bits per heavy atom. The van der Waals surface area contributed by atoms with Crippen LogP contribution in [0.5, 0.6) is 0 Å². The van der Waals surface area contributed by atoms with Crippen LogP contribution in [0.15, 0.2) is 27.3 Å². The topological polar surface area (TPSA) is 75.6 Å². The molecule has 128 valence electrons. The third-order valence-electron chi connectivity index (χ3n) is 5.11. The molecule has 2 fully saturated rings. The van der Waals surface area contributed by atoms with E-state index in [9.17, 15) is 4.79 Å². The van der Waals surface area contributed by atoms with Crippen molar-refractivity contribution < 1.29 is 13.7 Å². The summed E-state index contributed by atoms with van der Waals surface area (Å²) in [5.41, 5.74) is 0. The monoisotopic (exact) mass is 330 g/mol. The van der Waals surface area contributed by atoms with Crippen LogP contribution >= 0.6 is 0 Å². The summed E-state index contributed by atoms with van der Waals surface area (Å²) >= 11 is 0. The summed E-state index contributed by atoms with van der Waals surface area (Å²) in [6.45, 7) is 4.19. The van der Waals surface area contributed by atoms with E-state index in [1.807, 2.05) is 11.0 Å². The summed E-state index contributed by atoms with van der Waals surface area (Å²) < 4.78 is 10.7. The molecule has 0 aromatic carbocycles. The molecule has 0 unspecified atom stereocenters. The summed E-state index contributed by atoms with van der Waals surface area (Å²) in [7, 11) is 0. The van der Waals surface area contributed by atoms with Gasteiger partial charge in [0.1, 0.15) is 0 Å². The van der Waals surface area contributed by atoms with Crippen LogP contribution in [-0.2, 0) is 11.3 Å². The maximum Gasteiger partial charge on any atom is 0.241 e. The highest BCUT2D eigenvalue weighted by Gasteiger charge is 2.39. The van der Waals surface area contributed by atoms with E-state index in [1.54, 1.807) is 19.3 Å². The molecule has 0 aliphatic carbocycles. The fourth-order valence-electron chi connectivity index (χ4n) is 4.07. The number of carbonyl (C=O) groups is 1. The van der Waals surface area contributed by atoms with E-state index in [1.165, 1.54) is 0 Å². The van der Waals surface area contributed by atoms with Gasteiger partial charge in [-0.2, -0.15) is 4.98 Å². The zero-order chi connectivity index (χ0) is 16.5. The molecule has 24 heavy (non-hydrogen) atoms. The predicted octanol–water partition coefficient (Wildman–Crippen LogP) is 2.30. The lowest BCUT2D eigenvalue weighted by Gasteiger charge is -2.33. The van der Waals surface area contributed by atoms with Crippen molar-refractivity contribution in [1.29, 1.82) is 0 Å². The molecule has 0 saturated carbocycles. The van der Waals surface area contributed by atoms with E-state index in [0.717, 1.165) is 38.8 Å². The highest BCUT2D eigenvalue weighted by molar-refractivity contribution is 5.74. The third-order valence-corrected chi connectivity index (χ3v) is 5.11. The first-order chi connectivity index (χ1) is 11.7. The standard InChI is InChI=1S/C17H22N4O3/c1-12(22)21-9-3-6-14(21)13-5-2-8-20(13)11-16-18-17(19-24-16)15-7-4-10-23-15/h4,7,10,13-14H,2-3,5-6,8-9,11H2,1H3/t13-,14-/m1/s1. The van der Waals surface area contributed by atoms with Gasteiger partial charge in [-0.05, 0) is 44.4 Å². The van der Waals surface area contributed by atoms with Crippen LogP contribution in [-0.4, -0.2) is 51.0 Å². The summed E-state index contributed by atoms with van der Waals surface area (Å²) in [5, 5.41) is 4.00. The van der Waals surface area contributed by atoms with Crippen LogP contribution in [0.3, 0.4) is 0 Å². The molecule has 2 aromatic rings. The number of carbonyl (C=O) groups excluding carboxylic acids is 1. The van der Waals surface area contributed by atoms with Crippen molar-refractivity contribution in [2.45, 2.75) is 51.2 Å². The SMILES string of the molecule is CC(=O)N1CCC[C@@H]1[C@H]1CCCN1Cc1nc(-c2ccco2)no1. The first-order valence-electron chi connectivity index (χ1n) is 8.60. The summed E-state index contributed by atoms with van der Waals surface area (Å²) in [5.74, 6) is 1.88. The quantitative estimate of drug-likeness (QED) is 0.856. The number of nitrogens with zero attached hydrogens (tertiary/aromatic N) is 4. The van der Waals surface area contributed by atoms with Gasteiger partial charge in [0.2, 0.25) is 17.6 Å². The second kappa shape index (κ2) is 6.39. The molecule has 2 aliphatic heterocycles. The second-order valence-corrected chi connectivity index (χ2v) is 6.59. The third kappa shape index (κ3) is 2.84. The largest absolute Gasteiger partial charge is 0.461 e. The van der Waals surface area contributed by atoms with E-state index < -0.39 is 0 Å². The lowest BCUT2D eigenvalue weighted by Crippen LogP contribution is -2.47. The Morgan fingerprint density at radius 1 is 1.29 bits per heavy atom. The van der Waals surface area contributed by atoms with Gasteiger partial charge in [0.05, 0.1) is 12.8 Å². The van der Waals surface area contributed by atoms with Crippen molar-refractivity contribution in [1.82, 2.24) is 19.9 Å². The average molecular weight is 330 g/mol. The van der Waals surface area contributed by atoms with Crippen molar-refractivity contribution in [2.75, 3.05) is 13.1 Å². The molecule has 0 spiro atoms. The van der Waals surface area contributed by atoms with Gasteiger partial charge in [0.15, 0.2) is 5.76 Å². The van der Waals surface area contributed by atoms with Crippen LogP contribution < -0.4 is 0 Å². The van der Waals surface area contributed by atoms with Gasteiger partial charge in [-0.1, -0.05) is 5.16 Å². The van der Waals surface area contributed by atoms with E-state index >= 15 is 0 Å². The number of amides is 1. The molecular weight excluding hydrogens is 308 g/mol. The van der Waals surface area contributed by atoms with Crippen molar-refractivity contribution in [3.8, 4) is 11.6 Å². The Kier molecular flexibility index (Phi) is 4.10. The predicted molar refractivity (Wildman–Crippen MR) is 85.8 cm³/mol. The lowest BCUT2D eigenvalue weighted by atomic mass is 10.0. The Hall–Kier alpha value is -2.15. The fourth-order valence-corrected chi connectivity index (χ4v) is 4.07. The molecule has 0 bridgehead atoms. The van der Waals surface area contributed by atoms with Gasteiger partial charge in [-0.25, -0.2) is 0 Å². The zero-order valence-corrected chi connectivity index (χ0v) is 13.9. The Bertz CT molecular complexity index is 697.